The van der Waals surface area contributed by atoms with Crippen LogP contribution in [0, 0.1) is 72.7 Å². The average molecular weight is 445 g/mol. The van der Waals surface area contributed by atoms with Crippen LogP contribution < -0.4 is 0 Å². The molecule has 0 aliphatic carbocycles. The van der Waals surface area contributed by atoms with Crippen LogP contribution in [0.2, 0.25) is 0 Å². The molecule has 0 fully saturated rings. The predicted molar refractivity (Wildman–Crippen MR) is 88.9 cm³/mol. The standard InChI is InChI=1S/C12H18.3BH4.U/c1-7-8(2)10(4)12(6)11(5)9(7)3;;;;/h1-6H3;3*1H4;/q;3*-1;+3. The van der Waals surface area contributed by atoms with Crippen molar-refractivity contribution in [1.29, 1.82) is 0 Å². The van der Waals surface area contributed by atoms with Gasteiger partial charge >= 0.3 is 31.1 Å². The summed E-state index contributed by atoms with van der Waals surface area (Å²) < 4.78 is 0. The molecule has 0 saturated carbocycles. The molecule has 1 aromatic rings. The average Bonchev–Trinajstić information content (AvgIpc) is 2.08. The third-order valence-corrected chi connectivity index (χ3v) is 3.38. The van der Waals surface area contributed by atoms with Crippen molar-refractivity contribution in [3.8, 4) is 0 Å². The normalized spacial score (nSPS) is 7.88. The van der Waals surface area contributed by atoms with Crippen LogP contribution in [-0.2, 0) is 0 Å². The number of benzene rings is 1. The minimum atomic E-state index is 0. The van der Waals surface area contributed by atoms with E-state index in [2.05, 4.69) is 41.5 Å². The summed E-state index contributed by atoms with van der Waals surface area (Å²) >= 11 is 0. The van der Waals surface area contributed by atoms with Crippen LogP contribution in [-0.4, -0.2) is 25.2 Å². The summed E-state index contributed by atoms with van der Waals surface area (Å²) in [6.45, 7) is 13.3. The van der Waals surface area contributed by atoms with Gasteiger partial charge in [0.25, 0.3) is 0 Å². The second-order valence-corrected chi connectivity index (χ2v) is 3.75. The summed E-state index contributed by atoms with van der Waals surface area (Å²) in [4.78, 5) is 0. The zero-order valence-corrected chi connectivity index (χ0v) is 13.7. The van der Waals surface area contributed by atoms with Gasteiger partial charge in [-0.05, 0) is 74.9 Å². The van der Waals surface area contributed by atoms with Crippen LogP contribution in [0.5, 0.6) is 0 Å². The van der Waals surface area contributed by atoms with Crippen LogP contribution in [0.1, 0.15) is 33.4 Å². The van der Waals surface area contributed by atoms with Gasteiger partial charge in [0.2, 0.25) is 0 Å². The van der Waals surface area contributed by atoms with Gasteiger partial charge in [-0.1, -0.05) is 25.2 Å². The van der Waals surface area contributed by atoms with Crippen molar-refractivity contribution in [3.05, 3.63) is 33.4 Å². The van der Waals surface area contributed by atoms with Crippen LogP contribution in [0.4, 0.5) is 0 Å². The molecular weight excluding hydrogens is 415 g/mol. The number of hydrogen-bond donors (Lipinski definition) is 0. The van der Waals surface area contributed by atoms with E-state index in [0.29, 0.717) is 0 Å². The Morgan fingerprint density at radius 2 is 0.438 bits per heavy atom. The molecule has 0 spiro atoms. The van der Waals surface area contributed by atoms with Crippen LogP contribution in [0.15, 0.2) is 0 Å². The van der Waals surface area contributed by atoms with Crippen molar-refractivity contribution < 1.29 is 31.1 Å². The van der Waals surface area contributed by atoms with Gasteiger partial charge in [-0.3, -0.25) is 0 Å². The second kappa shape index (κ2) is 9.49. The smallest absolute Gasteiger partial charge is 0.0626 e. The van der Waals surface area contributed by atoms with E-state index in [9.17, 15) is 0 Å². The van der Waals surface area contributed by atoms with Crippen molar-refractivity contribution in [3.63, 3.8) is 0 Å². The maximum atomic E-state index is 2.21. The first kappa shape index (κ1) is 25.3. The molecule has 0 atom stereocenters. The first-order chi connectivity index (χ1) is 5.46. The van der Waals surface area contributed by atoms with Gasteiger partial charge in [0.15, 0.2) is 0 Å². The molecule has 0 aliphatic heterocycles. The molecular formula is C12H30B3U. The Morgan fingerprint density at radius 3 is 0.500 bits per heavy atom. The first-order valence-corrected chi connectivity index (χ1v) is 4.50. The summed E-state index contributed by atoms with van der Waals surface area (Å²) in [7, 11) is 0. The van der Waals surface area contributed by atoms with Gasteiger partial charge < -0.3 is 0 Å². The molecule has 0 N–H and O–H groups in total. The zero-order valence-electron chi connectivity index (χ0n) is 9.50. The molecule has 1 aromatic carbocycles. The van der Waals surface area contributed by atoms with Gasteiger partial charge in [-0.25, -0.2) is 0 Å². The second-order valence-electron chi connectivity index (χ2n) is 3.75. The zero-order chi connectivity index (χ0) is 9.46. The molecule has 0 aliphatic rings. The summed E-state index contributed by atoms with van der Waals surface area (Å²) in [5.74, 6) is 0. The SMILES string of the molecule is Cc1c(C)c(C)c(C)c(C)c1C.[BH4-].[BH4-].[BH4-].[U+3]. The molecule has 0 bridgehead atoms. The number of rotatable bonds is 0. The van der Waals surface area contributed by atoms with E-state index >= 15 is 0 Å². The van der Waals surface area contributed by atoms with Crippen molar-refractivity contribution in [2.45, 2.75) is 41.5 Å². The van der Waals surface area contributed by atoms with E-state index in [0.717, 1.165) is 0 Å². The van der Waals surface area contributed by atoms with Gasteiger partial charge in [0, 0.05) is 0 Å². The maximum absolute atomic E-state index is 2.21. The van der Waals surface area contributed by atoms with Crippen molar-refractivity contribution in [1.82, 2.24) is 0 Å². The molecule has 0 saturated heterocycles. The fourth-order valence-corrected chi connectivity index (χ4v) is 1.69. The van der Waals surface area contributed by atoms with Gasteiger partial charge in [0.1, 0.15) is 0 Å². The predicted octanol–water partition coefficient (Wildman–Crippen LogP) is -0.818. The molecule has 1 radical (unpaired) electrons. The summed E-state index contributed by atoms with van der Waals surface area (Å²) in [5, 5.41) is 0. The Kier molecular flexibility index (Phi) is 15.0. The van der Waals surface area contributed by atoms with E-state index < -0.39 is 0 Å². The third-order valence-electron chi connectivity index (χ3n) is 3.38. The minimum Gasteiger partial charge on any atom is -0.0626 e. The van der Waals surface area contributed by atoms with Crippen LogP contribution in [0.25, 0.3) is 0 Å². The van der Waals surface area contributed by atoms with Crippen molar-refractivity contribution in [2.24, 2.45) is 0 Å². The molecule has 0 nitrogen and oxygen atoms in total. The van der Waals surface area contributed by atoms with E-state index in [1.807, 2.05) is 0 Å². The maximum Gasteiger partial charge on any atom is 3.00 e. The Labute approximate surface area is 130 Å². The minimum absolute atomic E-state index is 0. The Balaban J connectivity index is -0.000000180. The van der Waals surface area contributed by atoms with E-state index in [-0.39, 0.29) is 56.4 Å². The Morgan fingerprint density at radius 1 is 0.375 bits per heavy atom. The quantitative estimate of drug-likeness (QED) is 0.459. The summed E-state index contributed by atoms with van der Waals surface area (Å²) in [5.41, 5.74) is 8.73. The molecule has 16 heavy (non-hydrogen) atoms. The fraction of sp³-hybridized carbons (Fsp3) is 0.500. The van der Waals surface area contributed by atoms with Crippen molar-refractivity contribution >= 4 is 25.2 Å². The van der Waals surface area contributed by atoms with Crippen LogP contribution >= 0.6 is 0 Å². The van der Waals surface area contributed by atoms with E-state index in [1.165, 1.54) is 33.4 Å². The van der Waals surface area contributed by atoms with Gasteiger partial charge in [0.05, 0.1) is 0 Å². The fourth-order valence-electron chi connectivity index (χ4n) is 1.69. The monoisotopic (exact) mass is 445 g/mol. The molecule has 1 rings (SSSR count). The largest absolute Gasteiger partial charge is 3.00 e. The number of hydrogen-bond acceptors (Lipinski definition) is 0. The molecule has 0 amide bonds. The topological polar surface area (TPSA) is 0 Å². The van der Waals surface area contributed by atoms with Crippen molar-refractivity contribution in [2.75, 3.05) is 0 Å². The van der Waals surface area contributed by atoms with Crippen LogP contribution in [0.3, 0.4) is 0 Å². The molecule has 91 valence electrons. The van der Waals surface area contributed by atoms with E-state index in [1.54, 1.807) is 0 Å². The Hall–Kier alpha value is 0.467. The summed E-state index contributed by atoms with van der Waals surface area (Å²) in [6.07, 6.45) is 0. The molecule has 0 heterocycles. The van der Waals surface area contributed by atoms with E-state index in [4.69, 9.17) is 0 Å². The summed E-state index contributed by atoms with van der Waals surface area (Å²) in [6, 6.07) is 0. The molecule has 4 heteroatoms. The third kappa shape index (κ3) is 4.38. The Bertz CT molecular complexity index is 231. The molecule has 0 unspecified atom stereocenters. The molecule has 0 aromatic heterocycles. The van der Waals surface area contributed by atoms with Gasteiger partial charge in [-0.2, -0.15) is 0 Å². The first-order valence-electron chi connectivity index (χ1n) is 4.50. The van der Waals surface area contributed by atoms with Gasteiger partial charge in [-0.15, -0.1) is 0 Å².